The maximum absolute atomic E-state index is 12.6. The fourth-order valence-corrected chi connectivity index (χ4v) is 3.25. The molecule has 1 fully saturated rings. The Morgan fingerprint density at radius 1 is 1.50 bits per heavy atom. The number of carbonyl (C=O) groups excluding carboxylic acids is 2. The van der Waals surface area contributed by atoms with Crippen LogP contribution in [-0.2, 0) is 16.1 Å². The second-order valence-corrected chi connectivity index (χ2v) is 7.24. The summed E-state index contributed by atoms with van der Waals surface area (Å²) in [5.41, 5.74) is -0.571. The van der Waals surface area contributed by atoms with Gasteiger partial charge in [0.15, 0.2) is 0 Å². The Hall–Kier alpha value is -1.63. The molecule has 0 saturated carbocycles. The molecule has 2 amide bonds. The van der Waals surface area contributed by atoms with Gasteiger partial charge in [-0.1, -0.05) is 0 Å². The van der Waals surface area contributed by atoms with Crippen molar-refractivity contribution in [1.82, 2.24) is 9.80 Å². The average molecular weight is 326 g/mol. The van der Waals surface area contributed by atoms with Crippen LogP contribution in [0.3, 0.4) is 0 Å². The van der Waals surface area contributed by atoms with Crippen molar-refractivity contribution in [2.45, 2.75) is 39.0 Å². The lowest BCUT2D eigenvalue weighted by Crippen LogP contribution is -2.48. The van der Waals surface area contributed by atoms with Gasteiger partial charge in [0.1, 0.15) is 17.4 Å². The Morgan fingerprint density at radius 3 is 2.82 bits per heavy atom. The van der Waals surface area contributed by atoms with Gasteiger partial charge in [0.05, 0.1) is 18.7 Å². The van der Waals surface area contributed by atoms with Crippen molar-refractivity contribution in [1.29, 1.82) is 0 Å². The number of likely N-dealkylation sites (N-methyl/N-ethyl adjacent to an activating group) is 1. The van der Waals surface area contributed by atoms with E-state index in [0.717, 1.165) is 0 Å². The predicted molar refractivity (Wildman–Crippen MR) is 84.4 cm³/mol. The number of furan rings is 1. The Bertz CT molecular complexity index is 524. The highest BCUT2D eigenvalue weighted by atomic mass is 32.2. The standard InChI is InChI=1S/C15H22N2O4S/c1-15(2,3)21-14(19)17-10-22-9-12(17)13(18)16(4)8-11-6-5-7-20-11/h5-7,12H,8-10H2,1-4H3/t12-/m1/s1. The first-order chi connectivity index (χ1) is 10.3. The number of amides is 2. The monoisotopic (exact) mass is 326 g/mol. The van der Waals surface area contributed by atoms with Crippen LogP contribution in [-0.4, -0.2) is 52.1 Å². The lowest BCUT2D eigenvalue weighted by Gasteiger charge is -2.29. The zero-order valence-corrected chi connectivity index (χ0v) is 14.2. The van der Waals surface area contributed by atoms with Crippen molar-refractivity contribution >= 4 is 23.8 Å². The predicted octanol–water partition coefficient (Wildman–Crippen LogP) is 2.55. The van der Waals surface area contributed by atoms with Crippen molar-refractivity contribution in [3.05, 3.63) is 24.2 Å². The van der Waals surface area contributed by atoms with E-state index in [0.29, 0.717) is 23.9 Å². The summed E-state index contributed by atoms with van der Waals surface area (Å²) < 4.78 is 10.6. The minimum Gasteiger partial charge on any atom is -0.467 e. The molecule has 2 rings (SSSR count). The second-order valence-electron chi connectivity index (χ2n) is 6.24. The second kappa shape index (κ2) is 6.64. The number of hydrogen-bond donors (Lipinski definition) is 0. The van der Waals surface area contributed by atoms with Crippen molar-refractivity contribution in [2.24, 2.45) is 0 Å². The summed E-state index contributed by atoms with van der Waals surface area (Å²) in [5, 5.41) is 0. The summed E-state index contributed by atoms with van der Waals surface area (Å²) in [6, 6.07) is 3.12. The van der Waals surface area contributed by atoms with Crippen molar-refractivity contribution in [2.75, 3.05) is 18.7 Å². The van der Waals surface area contributed by atoms with Gasteiger partial charge in [-0.25, -0.2) is 4.79 Å². The SMILES string of the molecule is CN(Cc1ccco1)C(=O)[C@H]1CSCN1C(=O)OC(C)(C)C. The Labute approximate surface area is 134 Å². The molecule has 1 aromatic rings. The molecule has 0 aromatic carbocycles. The third kappa shape index (κ3) is 4.19. The molecule has 1 atom stereocenters. The normalized spacial score (nSPS) is 18.4. The highest BCUT2D eigenvalue weighted by molar-refractivity contribution is 7.99. The molecule has 0 radical (unpaired) electrons. The maximum atomic E-state index is 12.6. The lowest BCUT2D eigenvalue weighted by molar-refractivity contribution is -0.134. The van der Waals surface area contributed by atoms with Gasteiger partial charge in [-0.3, -0.25) is 9.69 Å². The molecule has 1 aliphatic heterocycles. The van der Waals surface area contributed by atoms with Crippen LogP contribution in [0.4, 0.5) is 4.79 Å². The van der Waals surface area contributed by atoms with Crippen LogP contribution in [0.25, 0.3) is 0 Å². The summed E-state index contributed by atoms with van der Waals surface area (Å²) in [5.74, 6) is 1.66. The van der Waals surface area contributed by atoms with Gasteiger partial charge in [-0.05, 0) is 32.9 Å². The fraction of sp³-hybridized carbons (Fsp3) is 0.600. The molecule has 0 bridgehead atoms. The van der Waals surface area contributed by atoms with E-state index in [2.05, 4.69) is 0 Å². The smallest absolute Gasteiger partial charge is 0.411 e. The van der Waals surface area contributed by atoms with Gasteiger partial charge in [0.25, 0.3) is 0 Å². The van der Waals surface area contributed by atoms with Gasteiger partial charge in [0, 0.05) is 12.8 Å². The van der Waals surface area contributed by atoms with Gasteiger partial charge in [-0.2, -0.15) is 0 Å². The Balaban J connectivity index is 2.00. The van der Waals surface area contributed by atoms with Crippen LogP contribution in [0.1, 0.15) is 26.5 Å². The molecule has 7 heteroatoms. The molecule has 1 aromatic heterocycles. The Morgan fingerprint density at radius 2 is 2.23 bits per heavy atom. The molecule has 1 aliphatic rings. The summed E-state index contributed by atoms with van der Waals surface area (Å²) in [4.78, 5) is 27.9. The van der Waals surface area contributed by atoms with E-state index in [1.807, 2.05) is 26.8 Å². The zero-order valence-electron chi connectivity index (χ0n) is 13.4. The largest absolute Gasteiger partial charge is 0.467 e. The molecule has 6 nitrogen and oxygen atoms in total. The van der Waals surface area contributed by atoms with Crippen molar-refractivity contribution in [3.8, 4) is 0 Å². The van der Waals surface area contributed by atoms with E-state index in [-0.39, 0.29) is 5.91 Å². The summed E-state index contributed by atoms with van der Waals surface area (Å²) in [6.45, 7) is 5.82. The number of thioether (sulfide) groups is 1. The van der Waals surface area contributed by atoms with Gasteiger partial charge in [0.2, 0.25) is 5.91 Å². The van der Waals surface area contributed by atoms with Gasteiger partial charge >= 0.3 is 6.09 Å². The zero-order chi connectivity index (χ0) is 16.3. The first-order valence-corrected chi connectivity index (χ1v) is 8.28. The summed E-state index contributed by atoms with van der Waals surface area (Å²) >= 11 is 1.55. The first kappa shape index (κ1) is 16.7. The van der Waals surface area contributed by atoms with Crippen molar-refractivity contribution in [3.63, 3.8) is 0 Å². The number of nitrogens with zero attached hydrogens (tertiary/aromatic N) is 2. The van der Waals surface area contributed by atoms with E-state index in [1.54, 1.807) is 36.0 Å². The van der Waals surface area contributed by atoms with Gasteiger partial charge < -0.3 is 14.1 Å². The highest BCUT2D eigenvalue weighted by Crippen LogP contribution is 2.25. The van der Waals surface area contributed by atoms with Crippen LogP contribution in [0, 0.1) is 0 Å². The molecule has 0 N–H and O–H groups in total. The number of rotatable bonds is 3. The summed E-state index contributed by atoms with van der Waals surface area (Å²) in [6.07, 6.45) is 1.13. The maximum Gasteiger partial charge on any atom is 0.411 e. The topological polar surface area (TPSA) is 63.0 Å². The number of ether oxygens (including phenoxy) is 1. The first-order valence-electron chi connectivity index (χ1n) is 7.12. The fourth-order valence-electron chi connectivity index (χ4n) is 2.12. The third-order valence-electron chi connectivity index (χ3n) is 3.14. The average Bonchev–Trinajstić information content (AvgIpc) is 3.06. The molecule has 2 heterocycles. The Kier molecular flexibility index (Phi) is 5.05. The number of hydrogen-bond acceptors (Lipinski definition) is 5. The minimum atomic E-state index is -0.571. The van der Waals surface area contributed by atoms with E-state index < -0.39 is 17.7 Å². The van der Waals surface area contributed by atoms with Crippen LogP contribution in [0.5, 0.6) is 0 Å². The molecule has 1 saturated heterocycles. The van der Waals surface area contributed by atoms with Crippen molar-refractivity contribution < 1.29 is 18.7 Å². The molecular formula is C15H22N2O4S. The molecule has 0 spiro atoms. The van der Waals surface area contributed by atoms with Crippen LogP contribution < -0.4 is 0 Å². The quantitative estimate of drug-likeness (QED) is 0.854. The molecular weight excluding hydrogens is 304 g/mol. The number of carbonyl (C=O) groups is 2. The minimum absolute atomic E-state index is 0.104. The molecule has 22 heavy (non-hydrogen) atoms. The third-order valence-corrected chi connectivity index (χ3v) is 4.16. The summed E-state index contributed by atoms with van der Waals surface area (Å²) in [7, 11) is 1.71. The van der Waals surface area contributed by atoms with E-state index >= 15 is 0 Å². The molecule has 0 unspecified atom stereocenters. The van der Waals surface area contributed by atoms with Crippen LogP contribution >= 0.6 is 11.8 Å². The van der Waals surface area contributed by atoms with E-state index in [4.69, 9.17) is 9.15 Å². The molecule has 0 aliphatic carbocycles. The van der Waals surface area contributed by atoms with Crippen LogP contribution in [0.2, 0.25) is 0 Å². The highest BCUT2D eigenvalue weighted by Gasteiger charge is 2.38. The lowest BCUT2D eigenvalue weighted by atomic mass is 10.2. The van der Waals surface area contributed by atoms with Crippen LogP contribution in [0.15, 0.2) is 22.8 Å². The van der Waals surface area contributed by atoms with E-state index in [1.165, 1.54) is 4.90 Å². The molecule has 122 valence electrons. The van der Waals surface area contributed by atoms with E-state index in [9.17, 15) is 9.59 Å². The van der Waals surface area contributed by atoms with Gasteiger partial charge in [-0.15, -0.1) is 11.8 Å².